The number of piperidine rings is 2. The molecule has 1 amide bonds. The van der Waals surface area contributed by atoms with E-state index in [1.807, 2.05) is 0 Å². The Bertz CT molecular complexity index is 848. The quantitative estimate of drug-likeness (QED) is 0.681. The van der Waals surface area contributed by atoms with Crippen molar-refractivity contribution >= 4 is 11.6 Å². The van der Waals surface area contributed by atoms with Gasteiger partial charge in [-0.05, 0) is 36.9 Å². The highest BCUT2D eigenvalue weighted by Gasteiger charge is 2.70. The first-order valence-electron chi connectivity index (χ1n) is 9.75. The molecular formula is C21H22N2O2. The lowest BCUT2D eigenvalue weighted by molar-refractivity contribution is -0.132. The Labute approximate surface area is 147 Å². The monoisotopic (exact) mass is 334 g/mol. The summed E-state index contributed by atoms with van der Waals surface area (Å²) in [5.41, 5.74) is 4.35. The van der Waals surface area contributed by atoms with Crippen molar-refractivity contribution in [2.24, 2.45) is 11.8 Å². The van der Waals surface area contributed by atoms with E-state index in [1.165, 1.54) is 30.6 Å². The third kappa shape index (κ3) is 1.33. The zero-order valence-electron chi connectivity index (χ0n) is 14.2. The van der Waals surface area contributed by atoms with E-state index in [1.54, 1.807) is 5.57 Å². The maximum absolute atomic E-state index is 13.2. The first-order valence-corrected chi connectivity index (χ1v) is 9.75. The van der Waals surface area contributed by atoms with E-state index in [-0.39, 0.29) is 17.4 Å². The summed E-state index contributed by atoms with van der Waals surface area (Å²) >= 11 is 0. The SMILES string of the molecule is O=C1C[C@@H]2OCC=C3CN4CCC56c7ccccc7N1[C@H]5C2C3C[C@@H]46. The van der Waals surface area contributed by atoms with Gasteiger partial charge in [-0.3, -0.25) is 9.69 Å². The summed E-state index contributed by atoms with van der Waals surface area (Å²) in [6, 6.07) is 9.64. The van der Waals surface area contributed by atoms with Gasteiger partial charge < -0.3 is 9.64 Å². The van der Waals surface area contributed by atoms with Gasteiger partial charge >= 0.3 is 0 Å². The molecule has 3 saturated heterocycles. The van der Waals surface area contributed by atoms with Crippen molar-refractivity contribution in [3.05, 3.63) is 41.5 Å². The summed E-state index contributed by atoms with van der Waals surface area (Å²) in [6.07, 6.45) is 5.43. The van der Waals surface area contributed by atoms with E-state index in [4.69, 9.17) is 4.74 Å². The molecule has 0 radical (unpaired) electrons. The molecule has 1 saturated carbocycles. The minimum atomic E-state index is 0.104. The van der Waals surface area contributed by atoms with Gasteiger partial charge in [0.15, 0.2) is 0 Å². The standard InChI is InChI=1S/C21H22N2O2/c24-18-10-16-19-13-9-17-21(6-7-22(17)11-12(13)5-8-25-16)14-3-1-2-4-15(14)23(18)20(19)21/h1-5,13,16-17,19-20H,6-11H2/t13?,16-,17+,19?,20-,21?/m0/s1. The minimum Gasteiger partial charge on any atom is -0.373 e. The molecule has 4 fully saturated rings. The van der Waals surface area contributed by atoms with Gasteiger partial charge in [-0.15, -0.1) is 0 Å². The lowest BCUT2D eigenvalue weighted by Crippen LogP contribution is -2.69. The minimum absolute atomic E-state index is 0.104. The van der Waals surface area contributed by atoms with Crippen LogP contribution in [0.25, 0.3) is 0 Å². The molecule has 5 heterocycles. The number of benzene rings is 1. The molecule has 5 aliphatic heterocycles. The summed E-state index contributed by atoms with van der Waals surface area (Å²) in [6.45, 7) is 2.97. The number of rotatable bonds is 0. The van der Waals surface area contributed by atoms with Crippen LogP contribution in [0.5, 0.6) is 0 Å². The summed E-state index contributed by atoms with van der Waals surface area (Å²) in [4.78, 5) is 18.1. The lowest BCUT2D eigenvalue weighted by Gasteiger charge is -2.58. The molecule has 7 rings (SSSR count). The first-order chi connectivity index (χ1) is 12.3. The average molecular weight is 334 g/mol. The Morgan fingerprint density at radius 1 is 1.24 bits per heavy atom. The van der Waals surface area contributed by atoms with E-state index in [0.29, 0.717) is 36.9 Å². The summed E-state index contributed by atoms with van der Waals surface area (Å²) in [7, 11) is 0. The van der Waals surface area contributed by atoms with Crippen LogP contribution in [0.3, 0.4) is 0 Å². The van der Waals surface area contributed by atoms with Crippen LogP contribution in [0.2, 0.25) is 0 Å². The maximum atomic E-state index is 13.2. The van der Waals surface area contributed by atoms with Crippen molar-refractivity contribution in [1.82, 2.24) is 4.90 Å². The second kappa shape index (κ2) is 4.18. The molecule has 25 heavy (non-hydrogen) atoms. The fraction of sp³-hybridized carbons (Fsp3) is 0.571. The number of amides is 1. The maximum Gasteiger partial charge on any atom is 0.229 e. The van der Waals surface area contributed by atoms with Gasteiger partial charge in [-0.2, -0.15) is 0 Å². The molecule has 1 aliphatic carbocycles. The molecule has 1 aromatic rings. The van der Waals surface area contributed by atoms with Crippen molar-refractivity contribution in [3.63, 3.8) is 0 Å². The van der Waals surface area contributed by atoms with Gasteiger partial charge in [-0.1, -0.05) is 29.8 Å². The van der Waals surface area contributed by atoms with E-state index in [2.05, 4.69) is 40.1 Å². The molecular weight excluding hydrogens is 312 g/mol. The molecule has 6 atom stereocenters. The molecule has 4 heteroatoms. The smallest absolute Gasteiger partial charge is 0.229 e. The normalized spacial score (nSPS) is 45.9. The molecule has 3 unspecified atom stereocenters. The summed E-state index contributed by atoms with van der Waals surface area (Å²) < 4.78 is 6.25. The van der Waals surface area contributed by atoms with Crippen LogP contribution in [0.4, 0.5) is 5.69 Å². The van der Waals surface area contributed by atoms with E-state index in [0.717, 1.165) is 6.54 Å². The van der Waals surface area contributed by atoms with E-state index in [9.17, 15) is 4.79 Å². The number of para-hydroxylation sites is 1. The molecule has 0 aromatic heterocycles. The number of nitrogens with zero attached hydrogens (tertiary/aromatic N) is 2. The van der Waals surface area contributed by atoms with E-state index >= 15 is 0 Å². The molecule has 2 bridgehead atoms. The Morgan fingerprint density at radius 2 is 2.16 bits per heavy atom. The van der Waals surface area contributed by atoms with Crippen LogP contribution < -0.4 is 4.90 Å². The van der Waals surface area contributed by atoms with Crippen LogP contribution in [-0.4, -0.2) is 48.7 Å². The molecule has 4 nitrogen and oxygen atoms in total. The van der Waals surface area contributed by atoms with Crippen LogP contribution >= 0.6 is 0 Å². The second-order valence-electron chi connectivity index (χ2n) is 8.78. The molecule has 1 aromatic carbocycles. The number of ether oxygens (including phenoxy) is 1. The predicted octanol–water partition coefficient (Wildman–Crippen LogP) is 2.09. The van der Waals surface area contributed by atoms with Gasteiger partial charge in [0, 0.05) is 29.6 Å². The highest BCUT2D eigenvalue weighted by atomic mass is 16.5. The zero-order valence-corrected chi connectivity index (χ0v) is 14.2. The molecule has 0 N–H and O–H groups in total. The van der Waals surface area contributed by atoms with Crippen molar-refractivity contribution in [1.29, 1.82) is 0 Å². The number of carbonyl (C=O) groups excluding carboxylic acids is 1. The van der Waals surface area contributed by atoms with Gasteiger partial charge in [0.1, 0.15) is 0 Å². The third-order valence-corrected chi connectivity index (χ3v) is 8.22. The molecule has 1 spiro atoms. The number of hydrogen-bond donors (Lipinski definition) is 0. The average Bonchev–Trinajstić information content (AvgIpc) is 3.10. The number of carbonyl (C=O) groups is 1. The van der Waals surface area contributed by atoms with Gasteiger partial charge in [0.2, 0.25) is 5.91 Å². The first kappa shape index (κ1) is 13.5. The van der Waals surface area contributed by atoms with E-state index < -0.39 is 0 Å². The number of anilines is 1. The largest absolute Gasteiger partial charge is 0.373 e. The van der Waals surface area contributed by atoms with Gasteiger partial charge in [0.25, 0.3) is 0 Å². The third-order valence-electron chi connectivity index (χ3n) is 8.22. The molecule has 6 aliphatic rings. The van der Waals surface area contributed by atoms with Crippen LogP contribution in [0.1, 0.15) is 24.8 Å². The Kier molecular flexibility index (Phi) is 2.27. The van der Waals surface area contributed by atoms with Gasteiger partial charge in [-0.25, -0.2) is 0 Å². The highest BCUT2D eigenvalue weighted by Crippen LogP contribution is 2.65. The van der Waals surface area contributed by atoms with Crippen molar-refractivity contribution in [2.45, 2.75) is 42.9 Å². The Hall–Kier alpha value is -1.65. The summed E-state index contributed by atoms with van der Waals surface area (Å²) in [5.74, 6) is 1.35. The lowest BCUT2D eigenvalue weighted by atomic mass is 9.53. The summed E-state index contributed by atoms with van der Waals surface area (Å²) in [5, 5.41) is 0. The second-order valence-corrected chi connectivity index (χ2v) is 8.78. The van der Waals surface area contributed by atoms with Crippen LogP contribution in [0.15, 0.2) is 35.9 Å². The Morgan fingerprint density at radius 3 is 3.12 bits per heavy atom. The van der Waals surface area contributed by atoms with Crippen LogP contribution in [0, 0.1) is 11.8 Å². The number of fused-ring (bicyclic) bond motifs is 2. The fourth-order valence-corrected chi connectivity index (χ4v) is 7.51. The zero-order chi connectivity index (χ0) is 16.3. The fourth-order valence-electron chi connectivity index (χ4n) is 7.51. The van der Waals surface area contributed by atoms with Crippen molar-refractivity contribution in [2.75, 3.05) is 24.6 Å². The highest BCUT2D eigenvalue weighted by molar-refractivity contribution is 5.99. The molecule has 128 valence electrons. The predicted molar refractivity (Wildman–Crippen MR) is 93.4 cm³/mol. The Balaban J connectivity index is 1.55. The number of hydrogen-bond acceptors (Lipinski definition) is 3. The topological polar surface area (TPSA) is 32.8 Å². The van der Waals surface area contributed by atoms with Crippen molar-refractivity contribution < 1.29 is 9.53 Å². The van der Waals surface area contributed by atoms with Crippen molar-refractivity contribution in [3.8, 4) is 0 Å². The van der Waals surface area contributed by atoms with Gasteiger partial charge in [0.05, 0.1) is 25.2 Å². The van der Waals surface area contributed by atoms with Crippen LogP contribution in [-0.2, 0) is 14.9 Å².